The number of hydrogen-bond donors (Lipinski definition) is 0. The summed E-state index contributed by atoms with van der Waals surface area (Å²) in [6.07, 6.45) is 0.518. The number of ether oxygens (including phenoxy) is 1. The minimum atomic E-state index is -0.704. The van der Waals surface area contributed by atoms with Crippen molar-refractivity contribution in [3.8, 4) is 0 Å². The molecule has 0 fully saturated rings. The maximum Gasteiger partial charge on any atom is 0.316 e. The van der Waals surface area contributed by atoms with Crippen molar-refractivity contribution in [2.45, 2.75) is 48.0 Å². The third kappa shape index (κ3) is 6.23. The van der Waals surface area contributed by atoms with E-state index in [0.29, 0.717) is 18.6 Å². The number of benzene rings is 1. The van der Waals surface area contributed by atoms with Gasteiger partial charge < -0.3 is 4.74 Å². The average Bonchev–Trinajstić information content (AvgIpc) is 2.45. The van der Waals surface area contributed by atoms with Gasteiger partial charge in [0.2, 0.25) is 0 Å². The lowest BCUT2D eigenvalue weighted by Crippen LogP contribution is -2.29. The topological polar surface area (TPSA) is 60.4 Å². The maximum atomic E-state index is 12.8. The van der Waals surface area contributed by atoms with Crippen LogP contribution in [0.2, 0.25) is 0 Å². The second kappa shape index (κ2) is 10.3. The number of carbonyl (C=O) groups is 2. The predicted molar refractivity (Wildman–Crippen MR) is 95.0 cm³/mol. The molecule has 0 N–H and O–H groups in total. The molecule has 23 heavy (non-hydrogen) atoms. The number of hydrogen-bond acceptors (Lipinski definition) is 4. The molecule has 0 spiro atoms. The molecule has 0 aromatic heterocycles. The SMILES string of the molecule is CCOC(=O)C(CC(C)C)C(=O)c1c(C)cc(C)cc1C.O=[PH2+]. The van der Waals surface area contributed by atoms with Gasteiger partial charge in [-0.1, -0.05) is 36.1 Å². The van der Waals surface area contributed by atoms with Gasteiger partial charge in [0.25, 0.3) is 0 Å². The van der Waals surface area contributed by atoms with Crippen LogP contribution in [0, 0.1) is 32.6 Å². The van der Waals surface area contributed by atoms with Crippen LogP contribution in [0.4, 0.5) is 0 Å². The van der Waals surface area contributed by atoms with Crippen molar-refractivity contribution >= 4 is 20.9 Å². The van der Waals surface area contributed by atoms with Gasteiger partial charge in [0.15, 0.2) is 5.78 Å². The number of carbonyl (C=O) groups excluding carboxylic acids is 2. The van der Waals surface area contributed by atoms with E-state index < -0.39 is 11.9 Å². The Morgan fingerprint density at radius 1 is 1.09 bits per heavy atom. The van der Waals surface area contributed by atoms with Crippen molar-refractivity contribution in [3.63, 3.8) is 0 Å². The first-order chi connectivity index (χ1) is 10.8. The first kappa shape index (κ1) is 21.5. The highest BCUT2D eigenvalue weighted by Crippen LogP contribution is 2.24. The van der Waals surface area contributed by atoms with Gasteiger partial charge in [-0.05, 0) is 51.2 Å². The Kier molecular flexibility index (Phi) is 9.59. The summed E-state index contributed by atoms with van der Waals surface area (Å²) in [6, 6.07) is 3.97. The maximum absolute atomic E-state index is 12.8. The molecule has 2 unspecified atom stereocenters. The van der Waals surface area contributed by atoms with E-state index in [-0.39, 0.29) is 11.7 Å². The summed E-state index contributed by atoms with van der Waals surface area (Å²) in [5.41, 5.74) is 3.64. The normalized spacial score (nSPS) is 11.4. The van der Waals surface area contributed by atoms with Gasteiger partial charge in [0.05, 0.1) is 6.61 Å². The van der Waals surface area contributed by atoms with E-state index in [0.717, 1.165) is 16.7 Å². The van der Waals surface area contributed by atoms with Crippen LogP contribution in [0.25, 0.3) is 0 Å². The van der Waals surface area contributed by atoms with E-state index in [2.05, 4.69) is 0 Å². The molecule has 5 heteroatoms. The van der Waals surface area contributed by atoms with Gasteiger partial charge in [-0.15, -0.1) is 0 Å². The quantitative estimate of drug-likeness (QED) is 0.337. The minimum Gasteiger partial charge on any atom is -0.465 e. The number of rotatable bonds is 6. The van der Waals surface area contributed by atoms with Crippen molar-refractivity contribution in [1.29, 1.82) is 0 Å². The molecule has 0 saturated carbocycles. The van der Waals surface area contributed by atoms with Crippen LogP contribution in [-0.4, -0.2) is 18.4 Å². The number of aryl methyl sites for hydroxylation is 3. The van der Waals surface area contributed by atoms with Crippen LogP contribution < -0.4 is 0 Å². The van der Waals surface area contributed by atoms with Crippen LogP contribution in [0.1, 0.15) is 54.2 Å². The highest BCUT2D eigenvalue weighted by Gasteiger charge is 2.31. The zero-order chi connectivity index (χ0) is 18.2. The van der Waals surface area contributed by atoms with Crippen molar-refractivity contribution in [1.82, 2.24) is 0 Å². The van der Waals surface area contributed by atoms with Crippen molar-refractivity contribution in [2.24, 2.45) is 11.8 Å². The second-order valence-corrected chi connectivity index (χ2v) is 6.07. The van der Waals surface area contributed by atoms with Crippen LogP contribution in [0.5, 0.6) is 0 Å². The molecule has 1 aromatic rings. The van der Waals surface area contributed by atoms with Crippen LogP contribution in [-0.2, 0) is 14.1 Å². The van der Waals surface area contributed by atoms with Gasteiger partial charge in [0.1, 0.15) is 5.92 Å². The Balaban J connectivity index is 0.00000232. The number of Topliss-reactive ketones (excluding diaryl/α,β-unsaturated/α-hetero) is 1. The smallest absolute Gasteiger partial charge is 0.316 e. The summed E-state index contributed by atoms with van der Waals surface area (Å²) in [6.45, 7) is 11.9. The van der Waals surface area contributed by atoms with E-state index in [4.69, 9.17) is 9.30 Å². The lowest BCUT2D eigenvalue weighted by Gasteiger charge is -2.19. The van der Waals surface area contributed by atoms with Crippen molar-refractivity contribution < 1.29 is 18.9 Å². The van der Waals surface area contributed by atoms with E-state index in [1.165, 1.54) is 9.12 Å². The second-order valence-electron chi connectivity index (χ2n) is 6.07. The van der Waals surface area contributed by atoms with Gasteiger partial charge in [-0.25, -0.2) is 0 Å². The number of esters is 1. The molecule has 1 rings (SSSR count). The largest absolute Gasteiger partial charge is 0.465 e. The van der Waals surface area contributed by atoms with Crippen LogP contribution >= 0.6 is 9.12 Å². The van der Waals surface area contributed by atoms with Gasteiger partial charge in [-0.3, -0.25) is 9.59 Å². The zero-order valence-electron chi connectivity index (χ0n) is 14.9. The third-order valence-electron chi connectivity index (χ3n) is 3.52. The van der Waals surface area contributed by atoms with Gasteiger partial charge in [0, 0.05) is 5.56 Å². The minimum absolute atomic E-state index is 0.114. The molecule has 0 aliphatic carbocycles. The van der Waals surface area contributed by atoms with E-state index in [1.54, 1.807) is 6.92 Å². The fourth-order valence-corrected chi connectivity index (χ4v) is 2.77. The molecule has 2 atom stereocenters. The molecular weight excluding hydrogens is 311 g/mol. The Hall–Kier alpha value is -1.54. The van der Waals surface area contributed by atoms with Crippen LogP contribution in [0.15, 0.2) is 12.1 Å². The first-order valence-corrected chi connectivity index (χ1v) is 8.27. The van der Waals surface area contributed by atoms with E-state index >= 15 is 0 Å². The lowest BCUT2D eigenvalue weighted by molar-refractivity contribution is -0.146. The van der Waals surface area contributed by atoms with Crippen molar-refractivity contribution in [2.75, 3.05) is 6.61 Å². The van der Waals surface area contributed by atoms with Gasteiger partial charge >= 0.3 is 15.1 Å². The summed E-state index contributed by atoms with van der Waals surface area (Å²) in [7, 11) is 1.17. The molecular formula is C18H28O4P+. The highest BCUT2D eigenvalue weighted by atomic mass is 31.0. The fraction of sp³-hybridized carbons (Fsp3) is 0.556. The summed E-state index contributed by atoms with van der Waals surface area (Å²) in [5, 5.41) is 0. The molecule has 0 radical (unpaired) electrons. The molecule has 128 valence electrons. The molecule has 0 amide bonds. The van der Waals surface area contributed by atoms with E-state index in [9.17, 15) is 9.59 Å². The fourth-order valence-electron chi connectivity index (χ4n) is 2.77. The summed E-state index contributed by atoms with van der Waals surface area (Å²) < 4.78 is 13.3. The van der Waals surface area contributed by atoms with Gasteiger partial charge in [-0.2, -0.15) is 0 Å². The molecule has 0 bridgehead atoms. The molecule has 0 heterocycles. The monoisotopic (exact) mass is 339 g/mol. The van der Waals surface area contributed by atoms with Crippen LogP contribution in [0.3, 0.4) is 0 Å². The molecule has 1 aromatic carbocycles. The molecule has 0 saturated heterocycles. The Bertz CT molecular complexity index is 529. The average molecular weight is 339 g/mol. The molecule has 0 aliphatic heterocycles. The Morgan fingerprint density at radius 3 is 1.96 bits per heavy atom. The molecule has 4 nitrogen and oxygen atoms in total. The standard InChI is InChI=1S/C18H26O3.H2OP/c1-7-21-18(20)15(8-11(2)3)17(19)16-13(5)9-12(4)10-14(16)6;1-2/h9-11,15H,7-8H2,1-6H3;2H2/q;+1. The molecule has 0 aliphatic rings. The first-order valence-electron chi connectivity index (χ1n) is 7.80. The lowest BCUT2D eigenvalue weighted by atomic mass is 9.85. The predicted octanol–water partition coefficient (Wildman–Crippen LogP) is 4.23. The number of ketones is 1. The zero-order valence-corrected chi connectivity index (χ0v) is 16.1. The summed E-state index contributed by atoms with van der Waals surface area (Å²) in [4.78, 5) is 25.0. The van der Waals surface area contributed by atoms with Crippen molar-refractivity contribution in [3.05, 3.63) is 34.4 Å². The summed E-state index contributed by atoms with van der Waals surface area (Å²) in [5.74, 6) is -0.966. The van der Waals surface area contributed by atoms with E-state index in [1.807, 2.05) is 46.8 Å². The third-order valence-corrected chi connectivity index (χ3v) is 3.52. The summed E-state index contributed by atoms with van der Waals surface area (Å²) >= 11 is 0. The Morgan fingerprint density at radius 2 is 1.57 bits per heavy atom. The Labute approximate surface area is 141 Å². The highest BCUT2D eigenvalue weighted by molar-refractivity contribution is 7.00.